The van der Waals surface area contributed by atoms with Crippen molar-refractivity contribution in [2.24, 2.45) is 12.8 Å². The summed E-state index contributed by atoms with van der Waals surface area (Å²) in [5.41, 5.74) is 7.90. The number of hydrogen-bond acceptors (Lipinski definition) is 3. The summed E-state index contributed by atoms with van der Waals surface area (Å²) in [6.07, 6.45) is 0.887. The first-order valence-corrected chi connectivity index (χ1v) is 6.62. The third-order valence-electron chi connectivity index (χ3n) is 3.05. The molecular formula is C15H22N4. The fourth-order valence-electron chi connectivity index (χ4n) is 1.99. The van der Waals surface area contributed by atoms with E-state index in [-0.39, 0.29) is 5.41 Å². The topological polar surface area (TPSA) is 56.7 Å². The van der Waals surface area contributed by atoms with Crippen molar-refractivity contribution in [3.05, 3.63) is 35.7 Å². The van der Waals surface area contributed by atoms with Crippen LogP contribution in [-0.2, 0) is 18.9 Å². The monoisotopic (exact) mass is 258 g/mol. The molecule has 2 aromatic rings. The highest BCUT2D eigenvalue weighted by Crippen LogP contribution is 2.23. The van der Waals surface area contributed by atoms with E-state index in [1.165, 1.54) is 5.56 Å². The lowest BCUT2D eigenvalue weighted by atomic mass is 9.96. The molecule has 0 aliphatic rings. The predicted octanol–water partition coefficient (Wildman–Crippen LogP) is 2.28. The summed E-state index contributed by atoms with van der Waals surface area (Å²) in [4.78, 5) is 4.67. The van der Waals surface area contributed by atoms with Gasteiger partial charge in [-0.2, -0.15) is 5.10 Å². The number of benzene rings is 1. The van der Waals surface area contributed by atoms with Crippen molar-refractivity contribution >= 4 is 0 Å². The van der Waals surface area contributed by atoms with E-state index >= 15 is 0 Å². The Hall–Kier alpha value is -1.68. The summed E-state index contributed by atoms with van der Waals surface area (Å²) >= 11 is 0. The molecule has 4 nitrogen and oxygen atoms in total. The quantitative estimate of drug-likeness (QED) is 0.919. The smallest absolute Gasteiger partial charge is 0.158 e. The number of nitrogens with two attached hydrogens (primary N) is 1. The third-order valence-corrected chi connectivity index (χ3v) is 3.05. The van der Waals surface area contributed by atoms with Crippen molar-refractivity contribution in [2.45, 2.75) is 32.6 Å². The van der Waals surface area contributed by atoms with E-state index in [2.05, 4.69) is 49.1 Å². The third kappa shape index (κ3) is 3.01. The maximum Gasteiger partial charge on any atom is 0.158 e. The van der Waals surface area contributed by atoms with Crippen molar-refractivity contribution in [2.75, 3.05) is 6.54 Å². The molecule has 4 heteroatoms. The van der Waals surface area contributed by atoms with E-state index in [0.717, 1.165) is 23.6 Å². The van der Waals surface area contributed by atoms with Gasteiger partial charge in [-0.05, 0) is 24.6 Å². The van der Waals surface area contributed by atoms with Crippen molar-refractivity contribution in [1.82, 2.24) is 14.8 Å². The summed E-state index contributed by atoms with van der Waals surface area (Å²) in [5.74, 6) is 1.78. The Morgan fingerprint density at radius 3 is 2.58 bits per heavy atom. The van der Waals surface area contributed by atoms with Gasteiger partial charge < -0.3 is 5.73 Å². The zero-order valence-corrected chi connectivity index (χ0v) is 12.1. The second-order valence-electron chi connectivity index (χ2n) is 5.87. The van der Waals surface area contributed by atoms with Crippen molar-refractivity contribution < 1.29 is 0 Å². The number of aryl methyl sites for hydroxylation is 1. The highest BCUT2D eigenvalue weighted by atomic mass is 15.3. The van der Waals surface area contributed by atoms with E-state index in [1.807, 2.05) is 17.8 Å². The van der Waals surface area contributed by atoms with Crippen LogP contribution in [0, 0.1) is 0 Å². The first kappa shape index (κ1) is 13.7. The van der Waals surface area contributed by atoms with Crippen LogP contribution < -0.4 is 5.73 Å². The Kier molecular flexibility index (Phi) is 3.71. The first-order chi connectivity index (χ1) is 8.91. The summed E-state index contributed by atoms with van der Waals surface area (Å²) < 4.78 is 1.85. The number of nitrogens with zero attached hydrogens (tertiary/aromatic N) is 3. The van der Waals surface area contributed by atoms with E-state index in [1.54, 1.807) is 0 Å². The van der Waals surface area contributed by atoms with Gasteiger partial charge in [-0.25, -0.2) is 9.67 Å². The summed E-state index contributed by atoms with van der Waals surface area (Å²) in [7, 11) is 1.94. The van der Waals surface area contributed by atoms with E-state index in [0.29, 0.717) is 6.54 Å². The number of aromatic nitrogens is 3. The van der Waals surface area contributed by atoms with Gasteiger partial charge in [0.2, 0.25) is 0 Å². The summed E-state index contributed by atoms with van der Waals surface area (Å²) in [6.45, 7) is 7.03. The van der Waals surface area contributed by atoms with Crippen LogP contribution in [0.25, 0.3) is 11.4 Å². The maximum absolute atomic E-state index is 5.61. The largest absolute Gasteiger partial charge is 0.330 e. The lowest BCUT2D eigenvalue weighted by Gasteiger charge is -2.12. The molecule has 1 heterocycles. The van der Waals surface area contributed by atoms with E-state index in [4.69, 9.17) is 5.73 Å². The van der Waals surface area contributed by atoms with Gasteiger partial charge in [0.1, 0.15) is 0 Å². The normalized spacial score (nSPS) is 11.8. The molecule has 0 spiro atoms. The van der Waals surface area contributed by atoms with Crippen LogP contribution in [0.3, 0.4) is 0 Å². The van der Waals surface area contributed by atoms with Crippen LogP contribution >= 0.6 is 0 Å². The molecule has 2 rings (SSSR count). The van der Waals surface area contributed by atoms with Crippen molar-refractivity contribution in [3.63, 3.8) is 0 Å². The molecule has 0 amide bonds. The van der Waals surface area contributed by atoms with Crippen molar-refractivity contribution in [1.29, 1.82) is 0 Å². The molecule has 0 aliphatic carbocycles. The molecule has 2 N–H and O–H groups in total. The van der Waals surface area contributed by atoms with Gasteiger partial charge in [0, 0.05) is 18.0 Å². The van der Waals surface area contributed by atoms with Crippen LogP contribution in [0.2, 0.25) is 0 Å². The van der Waals surface area contributed by atoms with Gasteiger partial charge in [0.05, 0.1) is 0 Å². The molecule has 1 aromatic carbocycles. The molecule has 0 saturated carbocycles. The number of rotatable bonds is 3. The Morgan fingerprint density at radius 2 is 2.00 bits per heavy atom. The van der Waals surface area contributed by atoms with Gasteiger partial charge in [-0.3, -0.25) is 0 Å². The highest BCUT2D eigenvalue weighted by Gasteiger charge is 2.21. The summed E-state index contributed by atoms with van der Waals surface area (Å²) in [5, 5.41) is 4.51. The Bertz CT molecular complexity index is 564. The van der Waals surface area contributed by atoms with E-state index < -0.39 is 0 Å². The first-order valence-electron chi connectivity index (χ1n) is 6.62. The van der Waals surface area contributed by atoms with Gasteiger partial charge in [0.15, 0.2) is 11.6 Å². The Balaban J connectivity index is 2.41. The zero-order valence-electron chi connectivity index (χ0n) is 12.1. The molecule has 1 aromatic heterocycles. The fraction of sp³-hybridized carbons (Fsp3) is 0.467. The molecule has 0 saturated heterocycles. The van der Waals surface area contributed by atoms with Gasteiger partial charge in [0.25, 0.3) is 0 Å². The van der Waals surface area contributed by atoms with E-state index in [9.17, 15) is 0 Å². The Morgan fingerprint density at radius 1 is 1.26 bits per heavy atom. The molecule has 0 fully saturated rings. The number of hydrogen-bond donors (Lipinski definition) is 1. The molecule has 102 valence electrons. The average molecular weight is 258 g/mol. The maximum atomic E-state index is 5.61. The average Bonchev–Trinajstić information content (AvgIpc) is 2.72. The highest BCUT2D eigenvalue weighted by molar-refractivity contribution is 5.56. The van der Waals surface area contributed by atoms with Crippen molar-refractivity contribution in [3.8, 4) is 11.4 Å². The fourth-order valence-corrected chi connectivity index (χ4v) is 1.99. The predicted molar refractivity (Wildman–Crippen MR) is 77.9 cm³/mol. The van der Waals surface area contributed by atoms with Gasteiger partial charge in [-0.1, -0.05) is 39.0 Å². The molecule has 0 atom stereocenters. The lowest BCUT2D eigenvalue weighted by Crippen LogP contribution is -2.13. The van der Waals surface area contributed by atoms with Crippen LogP contribution in [0.1, 0.15) is 32.2 Å². The molecule has 0 unspecified atom stereocenters. The summed E-state index contributed by atoms with van der Waals surface area (Å²) in [6, 6.07) is 8.35. The lowest BCUT2D eigenvalue weighted by molar-refractivity contribution is 0.538. The standard InChI is InChI=1S/C15H22N4/c1-15(2,3)14-17-13(19(4)18-14)12-7-5-6-11(10-12)8-9-16/h5-7,10H,8-9,16H2,1-4H3. The Labute approximate surface area is 114 Å². The molecule has 0 aliphatic heterocycles. The minimum atomic E-state index is -0.0368. The minimum absolute atomic E-state index is 0.0368. The molecule has 0 bridgehead atoms. The van der Waals surface area contributed by atoms with Gasteiger partial charge in [-0.15, -0.1) is 0 Å². The second kappa shape index (κ2) is 5.13. The zero-order chi connectivity index (χ0) is 14.0. The molecule has 19 heavy (non-hydrogen) atoms. The second-order valence-corrected chi connectivity index (χ2v) is 5.87. The minimum Gasteiger partial charge on any atom is -0.330 e. The van der Waals surface area contributed by atoms with Gasteiger partial charge >= 0.3 is 0 Å². The van der Waals surface area contributed by atoms with Crippen LogP contribution in [0.5, 0.6) is 0 Å². The molecule has 0 radical (unpaired) electrons. The van der Waals surface area contributed by atoms with Crippen LogP contribution in [0.15, 0.2) is 24.3 Å². The van der Waals surface area contributed by atoms with Crippen LogP contribution in [0.4, 0.5) is 0 Å². The van der Waals surface area contributed by atoms with Crippen LogP contribution in [-0.4, -0.2) is 21.3 Å². The SMILES string of the molecule is Cn1nc(C(C)(C)C)nc1-c1cccc(CCN)c1. The molecular weight excluding hydrogens is 236 g/mol.